The van der Waals surface area contributed by atoms with E-state index < -0.39 is 95.6 Å². The number of aliphatic hydroxyl groups is 5. The Balaban J connectivity index is 1.18. The molecule has 0 radical (unpaired) electrons. The zero-order valence-electron chi connectivity index (χ0n) is 46.5. The second-order valence-electron chi connectivity index (χ2n) is 23.0. The van der Waals surface area contributed by atoms with Crippen LogP contribution in [-0.2, 0) is 54.4 Å². The first-order valence-corrected chi connectivity index (χ1v) is 27.0. The lowest BCUT2D eigenvalue weighted by Gasteiger charge is -2.51. The highest BCUT2D eigenvalue weighted by molar-refractivity contribution is 5.73. The number of carbonyl (C=O) groups excluding carboxylic acids is 1. The van der Waals surface area contributed by atoms with Crippen LogP contribution < -0.4 is 5.73 Å². The molecule has 0 bridgehead atoms. The van der Waals surface area contributed by atoms with Crippen LogP contribution in [0.15, 0.2) is 36.7 Å². The molecule has 20 heteroatoms. The van der Waals surface area contributed by atoms with Gasteiger partial charge < -0.3 is 64.8 Å². The predicted molar refractivity (Wildman–Crippen MR) is 278 cm³/mol. The van der Waals surface area contributed by atoms with Gasteiger partial charge in [-0.1, -0.05) is 50.3 Å². The van der Waals surface area contributed by atoms with Gasteiger partial charge in [-0.3, -0.25) is 9.48 Å². The van der Waals surface area contributed by atoms with E-state index >= 15 is 0 Å². The molecule has 2 aromatic heterocycles. The minimum atomic E-state index is -1.81. The Bertz CT molecular complexity index is 2210. The van der Waals surface area contributed by atoms with Crippen LogP contribution in [0, 0.1) is 23.7 Å². The SMILES string of the molecule is CC[C@H]1OC(=O)[C@H](C)[C@@H](C2C[C@@](C)(OC)[C@@H](O)[C@H](C)O2)[C@H](C)[C@@H](O[C@@H]2O[C@H](C)C[C@H](N(C)CCc3cn(CCCCc4ccc(-n5cc(CN)nn5)cc4)nn3)[C@H]2O)[C@](C)(O)C[C@@H](C)CN(C)[C@H](C)[C@@H](O)[C@]1(C)O. The molecule has 0 saturated carbocycles. The van der Waals surface area contributed by atoms with Crippen molar-refractivity contribution in [2.75, 3.05) is 34.3 Å². The van der Waals surface area contributed by atoms with Gasteiger partial charge in [-0.2, -0.15) is 0 Å². The number of aromatic nitrogens is 6. The van der Waals surface area contributed by atoms with Crippen molar-refractivity contribution in [3.05, 3.63) is 53.6 Å². The summed E-state index contributed by atoms with van der Waals surface area (Å²) < 4.78 is 35.9. The lowest BCUT2D eigenvalue weighted by atomic mass is 9.68. The van der Waals surface area contributed by atoms with E-state index in [0.717, 1.165) is 42.9 Å². The van der Waals surface area contributed by atoms with Gasteiger partial charge in [-0.25, -0.2) is 4.68 Å². The largest absolute Gasteiger partial charge is 0.459 e. The molecular formula is C54H91N9O11. The van der Waals surface area contributed by atoms with E-state index in [1.54, 1.807) is 32.4 Å². The third kappa shape index (κ3) is 14.0. The van der Waals surface area contributed by atoms with E-state index in [1.807, 2.05) is 82.8 Å². The van der Waals surface area contributed by atoms with Crippen molar-refractivity contribution in [3.63, 3.8) is 0 Å². The van der Waals surface area contributed by atoms with Crippen molar-refractivity contribution in [1.82, 2.24) is 39.8 Å². The van der Waals surface area contributed by atoms with Crippen molar-refractivity contribution < 1.29 is 54.0 Å². The molecule has 0 spiro atoms. The number of hydrogen-bond acceptors (Lipinski definition) is 18. The van der Waals surface area contributed by atoms with Crippen LogP contribution >= 0.6 is 0 Å². The first-order chi connectivity index (χ1) is 34.8. The minimum Gasteiger partial charge on any atom is -0.459 e. The van der Waals surface area contributed by atoms with E-state index in [1.165, 1.54) is 19.6 Å². The molecule has 418 valence electrons. The number of nitrogens with two attached hydrogens (primary N) is 1. The Kier molecular flexibility index (Phi) is 20.4. The highest BCUT2D eigenvalue weighted by Crippen LogP contribution is 2.45. The molecular weight excluding hydrogens is 951 g/mol. The van der Waals surface area contributed by atoms with Crippen molar-refractivity contribution in [1.29, 1.82) is 0 Å². The molecule has 3 fully saturated rings. The van der Waals surface area contributed by atoms with Crippen LogP contribution in [0.25, 0.3) is 5.69 Å². The Hall–Kier alpha value is -3.51. The van der Waals surface area contributed by atoms with Gasteiger partial charge in [-0.05, 0) is 124 Å². The summed E-state index contributed by atoms with van der Waals surface area (Å²) in [6.07, 6.45) is 0.0290. The summed E-state index contributed by atoms with van der Waals surface area (Å²) in [4.78, 5) is 18.7. The maximum Gasteiger partial charge on any atom is 0.309 e. The Morgan fingerprint density at radius 1 is 0.905 bits per heavy atom. The third-order valence-electron chi connectivity index (χ3n) is 16.8. The maximum absolute atomic E-state index is 14.6. The van der Waals surface area contributed by atoms with Crippen molar-refractivity contribution in [2.24, 2.45) is 29.4 Å². The highest BCUT2D eigenvalue weighted by atomic mass is 16.7. The van der Waals surface area contributed by atoms with Crippen LogP contribution in [0.3, 0.4) is 0 Å². The number of hydrogen-bond donors (Lipinski definition) is 6. The van der Waals surface area contributed by atoms with Crippen LogP contribution in [0.4, 0.5) is 0 Å². The van der Waals surface area contributed by atoms with E-state index in [2.05, 4.69) is 37.7 Å². The maximum atomic E-state index is 14.6. The topological polar surface area (TPSA) is 258 Å². The molecule has 1 aromatic carbocycles. The summed E-state index contributed by atoms with van der Waals surface area (Å²) in [5.74, 6) is -3.10. The average molecular weight is 1040 g/mol. The van der Waals surface area contributed by atoms with Crippen LogP contribution in [0.5, 0.6) is 0 Å². The Morgan fingerprint density at radius 3 is 2.24 bits per heavy atom. The number of likely N-dealkylation sites (N-methyl/N-ethyl adjacent to an activating group) is 2. The molecule has 5 heterocycles. The molecule has 3 aliphatic rings. The number of benzene rings is 1. The zero-order chi connectivity index (χ0) is 54.4. The molecule has 6 rings (SSSR count). The summed E-state index contributed by atoms with van der Waals surface area (Å²) in [6.45, 7) is 20.1. The molecule has 3 aromatic rings. The van der Waals surface area contributed by atoms with Crippen molar-refractivity contribution in [3.8, 4) is 5.69 Å². The smallest absolute Gasteiger partial charge is 0.309 e. The molecule has 20 nitrogen and oxygen atoms in total. The first-order valence-electron chi connectivity index (χ1n) is 27.0. The van der Waals surface area contributed by atoms with Gasteiger partial charge in [-0.15, -0.1) is 10.2 Å². The summed E-state index contributed by atoms with van der Waals surface area (Å²) >= 11 is 0. The quantitative estimate of drug-likeness (QED) is 0.0887. The van der Waals surface area contributed by atoms with Gasteiger partial charge in [0.05, 0.1) is 64.8 Å². The van der Waals surface area contributed by atoms with Crippen LogP contribution in [0.1, 0.15) is 125 Å². The number of carbonyl (C=O) groups is 1. The molecule has 74 heavy (non-hydrogen) atoms. The fraction of sp³-hybridized carbons (Fsp3) is 0.796. The number of aliphatic hydroxyl groups excluding tert-OH is 3. The first kappa shape index (κ1) is 59.7. The van der Waals surface area contributed by atoms with Crippen LogP contribution in [0.2, 0.25) is 0 Å². The summed E-state index contributed by atoms with van der Waals surface area (Å²) in [5.41, 5.74) is 5.00. The van der Waals surface area contributed by atoms with Gasteiger partial charge in [0.1, 0.15) is 30.0 Å². The molecule has 3 aliphatic heterocycles. The van der Waals surface area contributed by atoms with Crippen molar-refractivity contribution >= 4 is 5.97 Å². The average Bonchev–Trinajstić information content (AvgIpc) is 4.04. The molecule has 0 aliphatic carbocycles. The molecule has 7 N–H and O–H groups in total. The lowest BCUT2D eigenvalue weighted by molar-refractivity contribution is -0.302. The van der Waals surface area contributed by atoms with Gasteiger partial charge in [0.2, 0.25) is 0 Å². The number of unbranched alkanes of at least 4 members (excludes halogenated alkanes) is 1. The van der Waals surface area contributed by atoms with E-state index in [4.69, 9.17) is 29.4 Å². The highest BCUT2D eigenvalue weighted by Gasteiger charge is 2.55. The number of methoxy groups -OCH3 is 1. The lowest BCUT2D eigenvalue weighted by Crippen LogP contribution is -2.62. The molecule has 3 saturated heterocycles. The third-order valence-corrected chi connectivity index (χ3v) is 16.8. The normalized spacial score (nSPS) is 38.4. The monoisotopic (exact) mass is 1040 g/mol. The zero-order valence-corrected chi connectivity index (χ0v) is 46.5. The fourth-order valence-corrected chi connectivity index (χ4v) is 12.2. The van der Waals surface area contributed by atoms with Crippen LogP contribution in [-0.4, -0.2) is 190 Å². The summed E-state index contributed by atoms with van der Waals surface area (Å²) in [7, 11) is 5.36. The van der Waals surface area contributed by atoms with E-state index in [0.29, 0.717) is 32.5 Å². The van der Waals surface area contributed by atoms with Gasteiger partial charge in [0, 0.05) is 70.3 Å². The molecule has 0 amide bonds. The second kappa shape index (κ2) is 25.3. The fourth-order valence-electron chi connectivity index (χ4n) is 12.2. The summed E-state index contributed by atoms with van der Waals surface area (Å²) in [5, 5.41) is 77.3. The van der Waals surface area contributed by atoms with E-state index in [9.17, 15) is 30.3 Å². The number of ether oxygens (including phenoxy) is 5. The molecule has 1 unspecified atom stereocenters. The predicted octanol–water partition coefficient (Wildman–Crippen LogP) is 3.44. The van der Waals surface area contributed by atoms with Gasteiger partial charge >= 0.3 is 5.97 Å². The number of cyclic esters (lactones) is 1. The Labute approximate surface area is 439 Å². The summed E-state index contributed by atoms with van der Waals surface area (Å²) in [6, 6.07) is 7.35. The second-order valence-corrected chi connectivity index (χ2v) is 23.0. The number of rotatable bonds is 16. The number of esters is 1. The number of nitrogens with zero attached hydrogens (tertiary/aromatic N) is 8. The van der Waals surface area contributed by atoms with Gasteiger partial charge in [0.15, 0.2) is 6.29 Å². The van der Waals surface area contributed by atoms with Crippen molar-refractivity contribution in [2.45, 2.75) is 218 Å². The Morgan fingerprint density at radius 2 is 1.59 bits per heavy atom. The minimum absolute atomic E-state index is 0.166. The van der Waals surface area contributed by atoms with Gasteiger partial charge in [0.25, 0.3) is 0 Å². The number of aryl methyl sites for hydroxylation is 2. The van der Waals surface area contributed by atoms with E-state index in [-0.39, 0.29) is 37.3 Å². The molecule has 18 atom stereocenters. The standard InChI is InChI=1S/C54H91N9O11/c1-14-44-54(10,69)47(65)36(6)61(12)29-32(2)26-52(8,68)49(34(4)45(35(5)50(67)73-44)43-27-53(9,70-13)48(66)37(7)72-43)74-51-46(64)42(25-33(3)71-51)60(11)24-22-39-30-62(58-56-39)23-16-15-17-38-18-20-41(21-19-38)63-31-40(28-55)57-59-63/h18-21,30-37,42-49,51,64-66,68-69H,14-17,22-29,55H2,1-13H3/t32-,33-,34+,35-,36-,37+,42+,43?,44-,45+,46-,47-,48+,49-,51+,52-,53-,54-/m1/s1.